The molecule has 0 saturated heterocycles. The van der Waals surface area contributed by atoms with Gasteiger partial charge in [0.05, 0.1) is 19.8 Å². The molecular formula is C20H27N5O8. The van der Waals surface area contributed by atoms with Gasteiger partial charge in [0.15, 0.2) is 0 Å². The maximum atomic E-state index is 12.9. The molecule has 0 radical (unpaired) electrons. The standard InChI is InChI=1S/C20H27N5O8/c21-12(7-26)17(29)23-14(5-10-6-22-13-4-2-1-3-11(10)13)18(30)24-15(8-27)19(31)25-16(9-28)20(32)33/h1-4,6,12,14-16,22,26-28H,5,7-9,21H2,(H,23,29)(H,24,30)(H,25,31)(H,32,33). The predicted molar refractivity (Wildman–Crippen MR) is 115 cm³/mol. The Morgan fingerprint density at radius 2 is 1.42 bits per heavy atom. The largest absolute Gasteiger partial charge is 0.480 e. The number of aliphatic hydroxyl groups excluding tert-OH is 3. The lowest BCUT2D eigenvalue weighted by atomic mass is 10.0. The molecule has 13 heteroatoms. The van der Waals surface area contributed by atoms with Crippen LogP contribution in [0.2, 0.25) is 0 Å². The number of aliphatic carboxylic acids is 1. The topological polar surface area (TPSA) is 227 Å². The first-order chi connectivity index (χ1) is 15.7. The van der Waals surface area contributed by atoms with Gasteiger partial charge in [-0.2, -0.15) is 0 Å². The Labute approximate surface area is 188 Å². The van der Waals surface area contributed by atoms with Crippen LogP contribution in [0.3, 0.4) is 0 Å². The van der Waals surface area contributed by atoms with E-state index in [0.717, 1.165) is 10.9 Å². The molecule has 0 fully saturated rings. The number of nitrogens with one attached hydrogen (secondary N) is 4. The summed E-state index contributed by atoms with van der Waals surface area (Å²) in [6, 6.07) is 1.51. The van der Waals surface area contributed by atoms with Crippen molar-refractivity contribution in [2.75, 3.05) is 19.8 Å². The molecule has 2 rings (SSSR count). The van der Waals surface area contributed by atoms with Crippen molar-refractivity contribution in [1.82, 2.24) is 20.9 Å². The molecule has 0 aliphatic heterocycles. The molecule has 0 aliphatic rings. The number of hydrogen-bond donors (Lipinski definition) is 9. The molecule has 4 atom stereocenters. The van der Waals surface area contributed by atoms with Crippen molar-refractivity contribution in [3.05, 3.63) is 36.0 Å². The number of aliphatic hydroxyl groups is 3. The van der Waals surface area contributed by atoms with Crippen LogP contribution in [-0.4, -0.2) is 93.1 Å². The van der Waals surface area contributed by atoms with E-state index in [-0.39, 0.29) is 6.42 Å². The highest BCUT2D eigenvalue weighted by Gasteiger charge is 2.30. The molecule has 0 spiro atoms. The third kappa shape index (κ3) is 6.73. The zero-order chi connectivity index (χ0) is 24.5. The number of carbonyl (C=O) groups excluding carboxylic acids is 3. The predicted octanol–water partition coefficient (Wildman–Crippen LogP) is -3.45. The van der Waals surface area contributed by atoms with Gasteiger partial charge in [-0.25, -0.2) is 4.79 Å². The van der Waals surface area contributed by atoms with E-state index < -0.39 is 67.7 Å². The average molecular weight is 465 g/mol. The SMILES string of the molecule is NC(CO)C(=O)NC(Cc1c[nH]c2ccccc12)C(=O)NC(CO)C(=O)NC(CO)C(=O)O. The van der Waals surface area contributed by atoms with E-state index in [0.29, 0.717) is 5.56 Å². The number of aromatic nitrogens is 1. The monoisotopic (exact) mass is 465 g/mol. The lowest BCUT2D eigenvalue weighted by Gasteiger charge is -2.23. The Hall–Kier alpha value is -3.52. The number of carbonyl (C=O) groups is 4. The number of fused-ring (bicyclic) bond motifs is 1. The molecule has 0 bridgehead atoms. The average Bonchev–Trinajstić information content (AvgIpc) is 3.22. The summed E-state index contributed by atoms with van der Waals surface area (Å²) in [7, 11) is 0. The van der Waals surface area contributed by atoms with Gasteiger partial charge in [0.1, 0.15) is 24.2 Å². The van der Waals surface area contributed by atoms with Crippen LogP contribution in [0.4, 0.5) is 0 Å². The zero-order valence-electron chi connectivity index (χ0n) is 17.5. The van der Waals surface area contributed by atoms with Crippen LogP contribution in [0.15, 0.2) is 30.5 Å². The quantitative estimate of drug-likeness (QED) is 0.152. The first kappa shape index (κ1) is 25.7. The fourth-order valence-corrected chi connectivity index (χ4v) is 3.02. The smallest absolute Gasteiger partial charge is 0.328 e. The number of nitrogens with two attached hydrogens (primary N) is 1. The summed E-state index contributed by atoms with van der Waals surface area (Å²) >= 11 is 0. The fraction of sp³-hybridized carbons (Fsp3) is 0.400. The van der Waals surface area contributed by atoms with Gasteiger partial charge < -0.3 is 47.1 Å². The van der Waals surface area contributed by atoms with E-state index in [9.17, 15) is 24.3 Å². The summed E-state index contributed by atoms with van der Waals surface area (Å²) in [6.07, 6.45) is 1.63. The number of carboxylic acid groups (broad SMARTS) is 1. The molecule has 1 aromatic carbocycles. The van der Waals surface area contributed by atoms with Gasteiger partial charge in [0.25, 0.3) is 0 Å². The molecule has 4 unspecified atom stereocenters. The second-order valence-corrected chi connectivity index (χ2v) is 7.24. The summed E-state index contributed by atoms with van der Waals surface area (Å²) in [5.41, 5.74) is 6.98. The maximum Gasteiger partial charge on any atom is 0.328 e. The Kier molecular flexibility index (Phi) is 9.30. The summed E-state index contributed by atoms with van der Waals surface area (Å²) in [4.78, 5) is 51.4. The highest BCUT2D eigenvalue weighted by Crippen LogP contribution is 2.19. The Bertz CT molecular complexity index is 994. The van der Waals surface area contributed by atoms with Crippen LogP contribution in [0.1, 0.15) is 5.56 Å². The number of H-pyrrole nitrogens is 1. The van der Waals surface area contributed by atoms with E-state index in [1.165, 1.54) is 0 Å². The van der Waals surface area contributed by atoms with Gasteiger partial charge in [0.2, 0.25) is 17.7 Å². The first-order valence-electron chi connectivity index (χ1n) is 9.98. The minimum absolute atomic E-state index is 0.0199. The van der Waals surface area contributed by atoms with Crippen molar-refractivity contribution in [1.29, 1.82) is 0 Å². The van der Waals surface area contributed by atoms with Crippen LogP contribution in [0.5, 0.6) is 0 Å². The fourth-order valence-electron chi connectivity index (χ4n) is 3.02. The lowest BCUT2D eigenvalue weighted by Crippen LogP contribution is -2.59. The third-order valence-corrected chi connectivity index (χ3v) is 4.88. The van der Waals surface area contributed by atoms with Gasteiger partial charge in [0, 0.05) is 23.5 Å². The minimum Gasteiger partial charge on any atom is -0.480 e. The van der Waals surface area contributed by atoms with E-state index in [1.54, 1.807) is 12.3 Å². The first-order valence-corrected chi connectivity index (χ1v) is 9.98. The highest BCUT2D eigenvalue weighted by molar-refractivity contribution is 5.95. The Morgan fingerprint density at radius 1 is 0.848 bits per heavy atom. The second-order valence-electron chi connectivity index (χ2n) is 7.24. The van der Waals surface area contributed by atoms with Crippen molar-refractivity contribution < 1.29 is 39.6 Å². The van der Waals surface area contributed by atoms with E-state index >= 15 is 0 Å². The normalized spacial score (nSPS) is 14.7. The molecule has 10 N–H and O–H groups in total. The Balaban J connectivity index is 2.21. The molecule has 3 amide bonds. The van der Waals surface area contributed by atoms with Crippen LogP contribution in [0, 0.1) is 0 Å². The van der Waals surface area contributed by atoms with Gasteiger partial charge >= 0.3 is 5.97 Å². The van der Waals surface area contributed by atoms with Crippen molar-refractivity contribution in [2.45, 2.75) is 30.6 Å². The van der Waals surface area contributed by atoms with Crippen molar-refractivity contribution in [3.63, 3.8) is 0 Å². The number of hydrogen-bond acceptors (Lipinski definition) is 8. The number of benzene rings is 1. The van der Waals surface area contributed by atoms with Crippen molar-refractivity contribution >= 4 is 34.6 Å². The minimum atomic E-state index is -1.63. The van der Waals surface area contributed by atoms with Crippen molar-refractivity contribution in [3.8, 4) is 0 Å². The van der Waals surface area contributed by atoms with Crippen LogP contribution < -0.4 is 21.7 Å². The van der Waals surface area contributed by atoms with E-state index in [2.05, 4.69) is 15.6 Å². The molecule has 0 aliphatic carbocycles. The molecule has 1 heterocycles. The third-order valence-electron chi connectivity index (χ3n) is 4.88. The molecule has 2 aromatic rings. The second kappa shape index (κ2) is 11.9. The lowest BCUT2D eigenvalue weighted by molar-refractivity contribution is -0.143. The van der Waals surface area contributed by atoms with Crippen LogP contribution >= 0.6 is 0 Å². The molecular weight excluding hydrogens is 438 g/mol. The van der Waals surface area contributed by atoms with Gasteiger partial charge in [-0.05, 0) is 11.6 Å². The summed E-state index contributed by atoms with van der Waals surface area (Å²) in [5.74, 6) is -4.22. The maximum absolute atomic E-state index is 12.9. The molecule has 33 heavy (non-hydrogen) atoms. The van der Waals surface area contributed by atoms with Gasteiger partial charge in [-0.1, -0.05) is 18.2 Å². The van der Waals surface area contributed by atoms with Gasteiger partial charge in [-0.15, -0.1) is 0 Å². The molecule has 13 nitrogen and oxygen atoms in total. The number of para-hydroxylation sites is 1. The van der Waals surface area contributed by atoms with E-state index in [4.69, 9.17) is 21.1 Å². The summed E-state index contributed by atoms with van der Waals surface area (Å²) < 4.78 is 0. The molecule has 1 aromatic heterocycles. The van der Waals surface area contributed by atoms with Crippen LogP contribution in [0.25, 0.3) is 10.9 Å². The van der Waals surface area contributed by atoms with E-state index in [1.807, 2.05) is 23.5 Å². The summed E-state index contributed by atoms with van der Waals surface area (Å²) in [6.45, 7) is -2.43. The number of aromatic amines is 1. The highest BCUT2D eigenvalue weighted by atomic mass is 16.4. The molecule has 180 valence electrons. The van der Waals surface area contributed by atoms with Crippen LogP contribution in [-0.2, 0) is 25.6 Å². The zero-order valence-corrected chi connectivity index (χ0v) is 17.5. The Morgan fingerprint density at radius 3 is 2.03 bits per heavy atom. The van der Waals surface area contributed by atoms with Gasteiger partial charge in [-0.3, -0.25) is 14.4 Å². The number of carboxylic acids is 1. The molecule has 0 saturated carbocycles. The number of amides is 3. The van der Waals surface area contributed by atoms with Crippen molar-refractivity contribution in [2.24, 2.45) is 5.73 Å². The number of rotatable bonds is 12. The summed E-state index contributed by atoms with van der Waals surface area (Å²) in [5, 5.41) is 44.1.